The lowest BCUT2D eigenvalue weighted by Gasteiger charge is -2.46. The topological polar surface area (TPSA) is 41.6 Å². The molecule has 1 N–H and O–H groups in total. The number of carbonyl (C=O) groups excluding carboxylic acids is 1. The largest absolute Gasteiger partial charge is 0.444 e. The van der Waals surface area contributed by atoms with Gasteiger partial charge in [-0.3, -0.25) is 4.90 Å². The second kappa shape index (κ2) is 4.24. The molecule has 1 aliphatic rings. The fourth-order valence-electron chi connectivity index (χ4n) is 2.10. The molecule has 0 radical (unpaired) electrons. The Morgan fingerprint density at radius 1 is 1.44 bits per heavy atom. The summed E-state index contributed by atoms with van der Waals surface area (Å²) >= 11 is 0. The first-order valence-electron chi connectivity index (χ1n) is 5.86. The first-order valence-corrected chi connectivity index (χ1v) is 5.86. The molecule has 1 saturated heterocycles. The van der Waals surface area contributed by atoms with Crippen LogP contribution >= 0.6 is 0 Å². The summed E-state index contributed by atoms with van der Waals surface area (Å²) in [7, 11) is 0. The van der Waals surface area contributed by atoms with Crippen LogP contribution in [0, 0.1) is 0 Å². The van der Waals surface area contributed by atoms with Gasteiger partial charge in [-0.05, 0) is 41.5 Å². The molecule has 0 spiro atoms. The first kappa shape index (κ1) is 13.3. The van der Waals surface area contributed by atoms with E-state index in [1.54, 1.807) is 0 Å². The molecule has 0 aliphatic carbocycles. The molecule has 0 saturated carbocycles. The number of nitrogens with one attached hydrogen (secondary N) is 1. The number of nitrogens with zero attached hydrogens (tertiary/aromatic N) is 1. The summed E-state index contributed by atoms with van der Waals surface area (Å²) in [6, 6.07) is 0.165. The van der Waals surface area contributed by atoms with Crippen molar-refractivity contribution in [1.82, 2.24) is 10.2 Å². The molecule has 4 nitrogen and oxygen atoms in total. The third kappa shape index (κ3) is 3.11. The minimum absolute atomic E-state index is 0.165. The van der Waals surface area contributed by atoms with E-state index in [1.165, 1.54) is 0 Å². The molecule has 1 unspecified atom stereocenters. The van der Waals surface area contributed by atoms with E-state index < -0.39 is 5.60 Å². The Bertz CT molecular complexity index is 269. The Morgan fingerprint density at radius 3 is 2.44 bits per heavy atom. The van der Waals surface area contributed by atoms with Gasteiger partial charge >= 0.3 is 6.09 Å². The van der Waals surface area contributed by atoms with Gasteiger partial charge in [-0.2, -0.15) is 0 Å². The molecule has 1 atom stereocenters. The van der Waals surface area contributed by atoms with Crippen LogP contribution in [-0.2, 0) is 4.74 Å². The zero-order chi connectivity index (χ0) is 12.6. The van der Waals surface area contributed by atoms with Gasteiger partial charge in [0, 0.05) is 19.1 Å². The summed E-state index contributed by atoms with van der Waals surface area (Å²) in [5.74, 6) is 0. The van der Waals surface area contributed by atoms with Gasteiger partial charge in [0.2, 0.25) is 0 Å². The molecule has 94 valence electrons. The van der Waals surface area contributed by atoms with E-state index in [1.807, 2.05) is 32.6 Å². The molecule has 1 aliphatic heterocycles. The standard InChI is InChI=1S/C12H24N2O2/c1-9-7-13-8-12(5,6)14(9)10(15)16-11(2,3)4/h9,13H,7-8H2,1-6H3. The highest BCUT2D eigenvalue weighted by Crippen LogP contribution is 2.23. The minimum atomic E-state index is -0.433. The molecule has 0 aromatic carbocycles. The quantitative estimate of drug-likeness (QED) is 0.689. The van der Waals surface area contributed by atoms with E-state index in [0.717, 1.165) is 13.1 Å². The highest BCUT2D eigenvalue weighted by molar-refractivity contribution is 5.69. The van der Waals surface area contributed by atoms with Crippen LogP contribution in [0.3, 0.4) is 0 Å². The maximum Gasteiger partial charge on any atom is 0.411 e. The summed E-state index contributed by atoms with van der Waals surface area (Å²) in [4.78, 5) is 14.0. The van der Waals surface area contributed by atoms with E-state index in [2.05, 4.69) is 19.2 Å². The van der Waals surface area contributed by atoms with Crippen molar-refractivity contribution in [3.8, 4) is 0 Å². The lowest BCUT2D eigenvalue weighted by Crippen LogP contribution is -2.64. The predicted molar refractivity (Wildman–Crippen MR) is 64.5 cm³/mol. The smallest absolute Gasteiger partial charge is 0.411 e. The number of hydrogen-bond donors (Lipinski definition) is 1. The summed E-state index contributed by atoms with van der Waals surface area (Å²) in [6.07, 6.45) is -0.216. The third-order valence-electron chi connectivity index (χ3n) is 2.68. The monoisotopic (exact) mass is 228 g/mol. The molecule has 16 heavy (non-hydrogen) atoms. The molecule has 1 amide bonds. The molecule has 0 aromatic rings. The number of piperazine rings is 1. The Morgan fingerprint density at radius 2 is 2.00 bits per heavy atom. The molecular formula is C12H24N2O2. The van der Waals surface area contributed by atoms with Gasteiger partial charge in [-0.15, -0.1) is 0 Å². The van der Waals surface area contributed by atoms with Crippen molar-refractivity contribution in [1.29, 1.82) is 0 Å². The molecule has 1 rings (SSSR count). The Kier molecular flexibility index (Phi) is 3.53. The molecule has 0 bridgehead atoms. The van der Waals surface area contributed by atoms with E-state index in [-0.39, 0.29) is 17.7 Å². The Balaban J connectivity index is 2.79. The van der Waals surface area contributed by atoms with Crippen LogP contribution in [0.4, 0.5) is 4.79 Å². The van der Waals surface area contributed by atoms with Crippen molar-refractivity contribution in [2.45, 2.75) is 58.7 Å². The van der Waals surface area contributed by atoms with Crippen molar-refractivity contribution in [2.24, 2.45) is 0 Å². The van der Waals surface area contributed by atoms with Crippen LogP contribution in [0.2, 0.25) is 0 Å². The number of carbonyl (C=O) groups is 1. The van der Waals surface area contributed by atoms with E-state index in [4.69, 9.17) is 4.74 Å². The second-order valence-corrected chi connectivity index (χ2v) is 6.14. The van der Waals surface area contributed by atoms with Crippen molar-refractivity contribution < 1.29 is 9.53 Å². The maximum absolute atomic E-state index is 12.1. The average Bonchev–Trinajstić information content (AvgIpc) is 1.97. The van der Waals surface area contributed by atoms with Gasteiger partial charge in [0.05, 0.1) is 5.54 Å². The fraction of sp³-hybridized carbons (Fsp3) is 0.917. The Labute approximate surface area is 98.3 Å². The molecule has 1 heterocycles. The van der Waals surface area contributed by atoms with Crippen molar-refractivity contribution in [3.05, 3.63) is 0 Å². The van der Waals surface area contributed by atoms with Crippen LogP contribution in [-0.4, -0.2) is 41.3 Å². The SMILES string of the molecule is CC1CNCC(C)(C)N1C(=O)OC(C)(C)C. The Hall–Kier alpha value is -0.770. The summed E-state index contributed by atoms with van der Waals surface area (Å²) in [6.45, 7) is 13.5. The zero-order valence-corrected chi connectivity index (χ0v) is 11.3. The molecule has 4 heteroatoms. The van der Waals surface area contributed by atoms with E-state index >= 15 is 0 Å². The van der Waals surface area contributed by atoms with Crippen LogP contribution in [0.1, 0.15) is 41.5 Å². The second-order valence-electron chi connectivity index (χ2n) is 6.14. The predicted octanol–water partition coefficient (Wildman–Crippen LogP) is 1.99. The van der Waals surface area contributed by atoms with Gasteiger partial charge < -0.3 is 10.1 Å². The maximum atomic E-state index is 12.1. The van der Waals surface area contributed by atoms with Crippen LogP contribution in [0.5, 0.6) is 0 Å². The molecule has 1 fully saturated rings. The molecule has 0 aromatic heterocycles. The fourth-order valence-corrected chi connectivity index (χ4v) is 2.10. The van der Waals surface area contributed by atoms with Crippen molar-refractivity contribution in [3.63, 3.8) is 0 Å². The number of rotatable bonds is 0. The number of hydrogen-bond acceptors (Lipinski definition) is 3. The lowest BCUT2D eigenvalue weighted by molar-refractivity contribution is -0.0176. The van der Waals surface area contributed by atoms with Gasteiger partial charge in [0.1, 0.15) is 5.60 Å². The van der Waals surface area contributed by atoms with Crippen LogP contribution in [0.15, 0.2) is 0 Å². The first-order chi connectivity index (χ1) is 7.13. The number of ether oxygens (including phenoxy) is 1. The van der Waals surface area contributed by atoms with E-state index in [9.17, 15) is 4.79 Å². The van der Waals surface area contributed by atoms with Gasteiger partial charge in [0.15, 0.2) is 0 Å². The van der Waals surface area contributed by atoms with Crippen LogP contribution < -0.4 is 5.32 Å². The lowest BCUT2D eigenvalue weighted by atomic mass is 9.97. The summed E-state index contributed by atoms with van der Waals surface area (Å²) in [5, 5.41) is 3.32. The van der Waals surface area contributed by atoms with Crippen LogP contribution in [0.25, 0.3) is 0 Å². The number of amides is 1. The third-order valence-corrected chi connectivity index (χ3v) is 2.68. The van der Waals surface area contributed by atoms with Crippen molar-refractivity contribution >= 4 is 6.09 Å². The molecular weight excluding hydrogens is 204 g/mol. The zero-order valence-electron chi connectivity index (χ0n) is 11.3. The van der Waals surface area contributed by atoms with Crippen molar-refractivity contribution in [2.75, 3.05) is 13.1 Å². The normalized spacial score (nSPS) is 25.4. The van der Waals surface area contributed by atoms with Gasteiger partial charge in [-0.25, -0.2) is 4.79 Å². The summed E-state index contributed by atoms with van der Waals surface area (Å²) in [5.41, 5.74) is -0.627. The highest BCUT2D eigenvalue weighted by atomic mass is 16.6. The minimum Gasteiger partial charge on any atom is -0.444 e. The highest BCUT2D eigenvalue weighted by Gasteiger charge is 2.39. The van der Waals surface area contributed by atoms with E-state index in [0.29, 0.717) is 0 Å². The average molecular weight is 228 g/mol. The summed E-state index contributed by atoms with van der Waals surface area (Å²) < 4.78 is 5.44. The van der Waals surface area contributed by atoms with Gasteiger partial charge in [-0.1, -0.05) is 0 Å². The van der Waals surface area contributed by atoms with Gasteiger partial charge in [0.25, 0.3) is 0 Å².